The number of carbonyl (C=O) groups excluding carboxylic acids is 2. The Bertz CT molecular complexity index is 1530. The Morgan fingerprint density at radius 3 is 1.92 bits per heavy atom. The molecule has 0 heterocycles. The number of esters is 2. The number of nitrogens with zero attached hydrogens (tertiary/aromatic N) is 2. The van der Waals surface area contributed by atoms with Gasteiger partial charge in [-0.05, 0) is 49.2 Å². The maximum Gasteiger partial charge on any atom is 0.343 e. The molecule has 9 heteroatoms. The first-order valence-electron chi connectivity index (χ1n) is 11.3. The molecule has 0 unspecified atom stereocenters. The zero-order valence-electron chi connectivity index (χ0n) is 20.2. The van der Waals surface area contributed by atoms with Gasteiger partial charge in [-0.3, -0.25) is 9.98 Å². The van der Waals surface area contributed by atoms with Crippen molar-refractivity contribution in [1.82, 2.24) is 0 Å². The van der Waals surface area contributed by atoms with Crippen molar-refractivity contribution in [3.63, 3.8) is 0 Å². The summed E-state index contributed by atoms with van der Waals surface area (Å²) in [6, 6.07) is 23.9. The van der Waals surface area contributed by atoms with E-state index in [9.17, 15) is 14.0 Å². The number of halogens is 2. The van der Waals surface area contributed by atoms with Gasteiger partial charge in [0.25, 0.3) is 0 Å². The number of benzene rings is 4. The largest absolute Gasteiger partial charge is 0.419 e. The predicted octanol–water partition coefficient (Wildman–Crippen LogP) is 6.74. The van der Waals surface area contributed by atoms with E-state index in [-0.39, 0.29) is 39.3 Å². The predicted molar refractivity (Wildman–Crippen MR) is 146 cm³/mol. The molecule has 0 bridgehead atoms. The Kier molecular flexibility index (Phi) is 8.25. The minimum Gasteiger partial charge on any atom is -0.419 e. The van der Waals surface area contributed by atoms with Gasteiger partial charge < -0.3 is 14.8 Å². The van der Waals surface area contributed by atoms with Crippen LogP contribution in [0.4, 0.5) is 15.8 Å². The summed E-state index contributed by atoms with van der Waals surface area (Å²) in [5, 5.41) is 2.81. The third-order valence-corrected chi connectivity index (χ3v) is 5.63. The van der Waals surface area contributed by atoms with Gasteiger partial charge in [0.15, 0.2) is 17.3 Å². The summed E-state index contributed by atoms with van der Waals surface area (Å²) in [7, 11) is 1.48. The quantitative estimate of drug-likeness (QED) is 0.124. The summed E-state index contributed by atoms with van der Waals surface area (Å²) in [5.74, 6) is -2.01. The molecule has 0 fully saturated rings. The highest BCUT2D eigenvalue weighted by Crippen LogP contribution is 2.37. The van der Waals surface area contributed by atoms with Crippen LogP contribution in [0, 0.1) is 5.82 Å². The molecule has 4 rings (SSSR count). The highest BCUT2D eigenvalue weighted by molar-refractivity contribution is 6.31. The fraction of sp³-hybridized carbons (Fsp3) is 0.0345. The summed E-state index contributed by atoms with van der Waals surface area (Å²) >= 11 is 5.92. The lowest BCUT2D eigenvalue weighted by Gasteiger charge is -2.17. The molecule has 38 heavy (non-hydrogen) atoms. The Hall–Kier alpha value is -4.82. The van der Waals surface area contributed by atoms with Crippen molar-refractivity contribution in [3.8, 4) is 11.5 Å². The van der Waals surface area contributed by atoms with Gasteiger partial charge in [0.05, 0.1) is 27.5 Å². The Balaban J connectivity index is 1.77. The third-order valence-electron chi connectivity index (χ3n) is 5.34. The standard InChI is InChI=1S/C29H21ClFN3O4/c1-32-23-17-25(38-29(36)19-12-7-4-8-13-19)24(37-28(35)18-10-5-3-6-11-18)16-20(23)27(33-2)34-22-15-9-14-21(30)26(22)31/h3-17H,1H2,2H3,(H,33,34). The van der Waals surface area contributed by atoms with E-state index in [0.29, 0.717) is 11.1 Å². The second-order valence-electron chi connectivity index (χ2n) is 7.78. The molecule has 0 aliphatic carbocycles. The molecule has 0 spiro atoms. The topological polar surface area (TPSA) is 89.4 Å². The van der Waals surface area contributed by atoms with Crippen LogP contribution < -0.4 is 14.8 Å². The van der Waals surface area contributed by atoms with Crippen molar-refractivity contribution < 1.29 is 23.5 Å². The van der Waals surface area contributed by atoms with Crippen molar-refractivity contribution in [2.45, 2.75) is 0 Å². The fourth-order valence-corrected chi connectivity index (χ4v) is 3.64. The lowest BCUT2D eigenvalue weighted by atomic mass is 10.1. The minimum absolute atomic E-state index is 0.0653. The summed E-state index contributed by atoms with van der Waals surface area (Å²) in [5.41, 5.74) is 1.17. The van der Waals surface area contributed by atoms with Gasteiger partial charge in [-0.1, -0.05) is 54.1 Å². The van der Waals surface area contributed by atoms with Crippen LogP contribution >= 0.6 is 11.6 Å². The number of anilines is 1. The maximum absolute atomic E-state index is 14.6. The molecule has 0 radical (unpaired) electrons. The van der Waals surface area contributed by atoms with Crippen LogP contribution in [0.15, 0.2) is 101 Å². The van der Waals surface area contributed by atoms with E-state index >= 15 is 0 Å². The first-order chi connectivity index (χ1) is 18.4. The van der Waals surface area contributed by atoms with E-state index in [1.807, 2.05) is 0 Å². The van der Waals surface area contributed by atoms with Crippen molar-refractivity contribution in [2.75, 3.05) is 12.4 Å². The van der Waals surface area contributed by atoms with Crippen LogP contribution in [0.5, 0.6) is 11.5 Å². The zero-order chi connectivity index (χ0) is 27.1. The lowest BCUT2D eigenvalue weighted by molar-refractivity contribution is 0.0682. The van der Waals surface area contributed by atoms with Crippen LogP contribution in [-0.2, 0) is 0 Å². The third kappa shape index (κ3) is 5.93. The summed E-state index contributed by atoms with van der Waals surface area (Å²) < 4.78 is 25.8. The number of carbonyl (C=O) groups is 2. The molecule has 0 aliphatic heterocycles. The number of aliphatic imine (C=N–C) groups is 2. The Morgan fingerprint density at radius 2 is 1.39 bits per heavy atom. The minimum atomic E-state index is -0.684. The van der Waals surface area contributed by atoms with Gasteiger partial charge in [0.2, 0.25) is 0 Å². The van der Waals surface area contributed by atoms with E-state index in [0.717, 1.165) is 0 Å². The molecule has 7 nitrogen and oxygen atoms in total. The molecule has 0 amide bonds. The number of rotatable bonds is 7. The van der Waals surface area contributed by atoms with Crippen LogP contribution in [0.25, 0.3) is 0 Å². The van der Waals surface area contributed by atoms with Crippen LogP contribution in [0.2, 0.25) is 5.02 Å². The highest BCUT2D eigenvalue weighted by atomic mass is 35.5. The normalized spacial score (nSPS) is 11.0. The first kappa shape index (κ1) is 26.2. The fourth-order valence-electron chi connectivity index (χ4n) is 3.47. The second-order valence-corrected chi connectivity index (χ2v) is 8.19. The van der Waals surface area contributed by atoms with Gasteiger partial charge in [-0.25, -0.2) is 14.0 Å². The molecule has 0 atom stereocenters. The Labute approximate surface area is 223 Å². The number of hydrogen-bond donors (Lipinski definition) is 1. The van der Waals surface area contributed by atoms with Gasteiger partial charge >= 0.3 is 11.9 Å². The van der Waals surface area contributed by atoms with E-state index in [4.69, 9.17) is 21.1 Å². The molecule has 190 valence electrons. The van der Waals surface area contributed by atoms with Gasteiger partial charge in [-0.2, -0.15) is 0 Å². The summed E-state index contributed by atoms with van der Waals surface area (Å²) in [6.45, 7) is 3.59. The number of hydrogen-bond acceptors (Lipinski definition) is 6. The monoisotopic (exact) mass is 529 g/mol. The molecule has 1 N–H and O–H groups in total. The zero-order valence-corrected chi connectivity index (χ0v) is 20.9. The summed E-state index contributed by atoms with van der Waals surface area (Å²) in [6.07, 6.45) is 0. The molecule has 0 saturated heterocycles. The van der Waals surface area contributed by atoms with Crippen molar-refractivity contribution in [2.24, 2.45) is 9.98 Å². The average Bonchev–Trinajstić information content (AvgIpc) is 2.95. The smallest absolute Gasteiger partial charge is 0.343 e. The molecule has 4 aromatic carbocycles. The molecule has 0 aliphatic rings. The van der Waals surface area contributed by atoms with E-state index < -0.39 is 17.8 Å². The van der Waals surface area contributed by atoms with Crippen molar-refractivity contribution >= 4 is 47.5 Å². The Morgan fingerprint density at radius 1 is 0.842 bits per heavy atom. The van der Waals surface area contributed by atoms with E-state index in [1.54, 1.807) is 66.7 Å². The van der Waals surface area contributed by atoms with Gasteiger partial charge in [0.1, 0.15) is 5.84 Å². The molecule has 0 saturated carbocycles. The SMILES string of the molecule is C=Nc1cc(OC(=O)c2ccccc2)c(OC(=O)c2ccccc2)cc1/C(=N\C)Nc1cccc(Cl)c1F. The van der Waals surface area contributed by atoms with Crippen molar-refractivity contribution in [3.05, 3.63) is 119 Å². The first-order valence-corrected chi connectivity index (χ1v) is 11.7. The number of nitrogens with one attached hydrogen (secondary N) is 1. The van der Waals surface area contributed by atoms with E-state index in [1.165, 1.54) is 31.3 Å². The number of amidine groups is 1. The molecule has 4 aromatic rings. The van der Waals surface area contributed by atoms with Gasteiger partial charge in [0, 0.05) is 18.7 Å². The van der Waals surface area contributed by atoms with Crippen LogP contribution in [-0.4, -0.2) is 31.5 Å². The molecule has 0 aromatic heterocycles. The van der Waals surface area contributed by atoms with Gasteiger partial charge in [-0.15, -0.1) is 0 Å². The van der Waals surface area contributed by atoms with Crippen molar-refractivity contribution in [1.29, 1.82) is 0 Å². The summed E-state index contributed by atoms with van der Waals surface area (Å²) in [4.78, 5) is 33.9. The molecular formula is C29H21ClFN3O4. The second kappa shape index (κ2) is 11.9. The van der Waals surface area contributed by atoms with Crippen LogP contribution in [0.1, 0.15) is 26.3 Å². The lowest BCUT2D eigenvalue weighted by Crippen LogP contribution is -2.17. The maximum atomic E-state index is 14.6. The average molecular weight is 530 g/mol. The number of ether oxygens (including phenoxy) is 2. The highest BCUT2D eigenvalue weighted by Gasteiger charge is 2.22. The van der Waals surface area contributed by atoms with E-state index in [2.05, 4.69) is 22.0 Å². The van der Waals surface area contributed by atoms with Crippen LogP contribution in [0.3, 0.4) is 0 Å². The molecular weight excluding hydrogens is 509 g/mol.